The van der Waals surface area contributed by atoms with E-state index >= 15 is 0 Å². The lowest BCUT2D eigenvalue weighted by Crippen LogP contribution is -2.13. The van der Waals surface area contributed by atoms with E-state index in [2.05, 4.69) is 26.3 Å². The lowest BCUT2D eigenvalue weighted by Gasteiger charge is -2.10. The van der Waals surface area contributed by atoms with Crippen LogP contribution in [0.15, 0.2) is 77.8 Å². The van der Waals surface area contributed by atoms with E-state index in [9.17, 15) is 4.79 Å². The van der Waals surface area contributed by atoms with E-state index in [1.807, 2.05) is 55.5 Å². The van der Waals surface area contributed by atoms with Gasteiger partial charge in [-0.3, -0.25) is 4.79 Å². The summed E-state index contributed by atoms with van der Waals surface area (Å²) >= 11 is 0. The van der Waals surface area contributed by atoms with Gasteiger partial charge in [0.1, 0.15) is 11.4 Å². The molecule has 4 heterocycles. The van der Waals surface area contributed by atoms with Crippen molar-refractivity contribution < 1.29 is 13.9 Å². The van der Waals surface area contributed by atoms with E-state index in [1.165, 1.54) is 6.08 Å². The molecule has 5 rings (SSSR count). The minimum absolute atomic E-state index is 0.200. The Morgan fingerprint density at radius 1 is 1.11 bits per heavy atom. The first-order valence-electron chi connectivity index (χ1n) is 11.1. The number of furan rings is 1. The Kier molecular flexibility index (Phi) is 6.03. The number of ether oxygens (including phenoxy) is 1. The molecule has 0 radical (unpaired) electrons. The second-order valence-electron chi connectivity index (χ2n) is 8.42. The van der Waals surface area contributed by atoms with Crippen molar-refractivity contribution in [2.24, 2.45) is 0 Å². The number of methoxy groups -OCH3 is 1. The number of hydrogen-bond donors (Lipinski definition) is 2. The van der Waals surface area contributed by atoms with Gasteiger partial charge in [-0.25, -0.2) is 9.97 Å². The highest BCUT2D eigenvalue weighted by molar-refractivity contribution is 6.03. The van der Waals surface area contributed by atoms with Crippen LogP contribution in [0.1, 0.15) is 0 Å². The van der Waals surface area contributed by atoms with Crippen LogP contribution in [-0.2, 0) is 4.79 Å². The molecule has 1 amide bonds. The van der Waals surface area contributed by atoms with Gasteiger partial charge in [0.15, 0.2) is 0 Å². The van der Waals surface area contributed by atoms with E-state index < -0.39 is 0 Å². The van der Waals surface area contributed by atoms with Crippen molar-refractivity contribution in [3.63, 3.8) is 0 Å². The van der Waals surface area contributed by atoms with E-state index in [4.69, 9.17) is 9.15 Å². The molecule has 0 aliphatic carbocycles. The van der Waals surface area contributed by atoms with Crippen LogP contribution in [0.25, 0.3) is 44.4 Å². The van der Waals surface area contributed by atoms with Gasteiger partial charge in [0.2, 0.25) is 11.6 Å². The average Bonchev–Trinajstić information content (AvgIpc) is 3.50. The highest BCUT2D eigenvalue weighted by Gasteiger charge is 2.14. The molecule has 1 aromatic carbocycles. The molecule has 8 nitrogen and oxygen atoms in total. The van der Waals surface area contributed by atoms with Gasteiger partial charge in [-0.2, -0.15) is 0 Å². The van der Waals surface area contributed by atoms with Gasteiger partial charge in [0.25, 0.3) is 0 Å². The van der Waals surface area contributed by atoms with Crippen LogP contribution in [0, 0.1) is 0 Å². The quantitative estimate of drug-likeness (QED) is 0.323. The third-order valence-corrected chi connectivity index (χ3v) is 5.67. The standard InChI is InChI=1S/C27H25N5O3/c1-32(2)9-4-5-25(33)31-19-11-17(12-20(14-19)34-3)18-13-23-24(16-30-26(23)29-15-18)21-6-8-28-27-22(21)7-10-35-27/h4-8,10-16H,9H2,1-3H3,(H,29,30)(H,31,33). The first-order valence-corrected chi connectivity index (χ1v) is 11.1. The van der Waals surface area contributed by atoms with Crippen LogP contribution in [0.2, 0.25) is 0 Å². The number of H-pyrrole nitrogens is 1. The summed E-state index contributed by atoms with van der Waals surface area (Å²) < 4.78 is 11.0. The van der Waals surface area contributed by atoms with Crippen LogP contribution in [0.3, 0.4) is 0 Å². The average molecular weight is 468 g/mol. The van der Waals surface area contributed by atoms with Crippen molar-refractivity contribution in [2.45, 2.75) is 0 Å². The molecular formula is C27H25N5O3. The number of aromatic nitrogens is 3. The topological polar surface area (TPSA) is 96.3 Å². The summed E-state index contributed by atoms with van der Waals surface area (Å²) in [6.45, 7) is 0.685. The zero-order valence-electron chi connectivity index (χ0n) is 19.7. The fourth-order valence-corrected chi connectivity index (χ4v) is 4.00. The normalized spacial score (nSPS) is 11.7. The van der Waals surface area contributed by atoms with E-state index in [0.717, 1.165) is 38.7 Å². The van der Waals surface area contributed by atoms with Gasteiger partial charge in [-0.15, -0.1) is 0 Å². The summed E-state index contributed by atoms with van der Waals surface area (Å²) in [4.78, 5) is 26.5. The summed E-state index contributed by atoms with van der Waals surface area (Å²) in [5.74, 6) is 0.438. The SMILES string of the molecule is COc1cc(NC(=O)C=CCN(C)C)cc(-c2cnc3[nH]cc(-c4ccnc5occc45)c3c2)c1. The number of nitrogens with zero attached hydrogens (tertiary/aromatic N) is 3. The molecule has 8 heteroatoms. The van der Waals surface area contributed by atoms with Crippen LogP contribution >= 0.6 is 0 Å². The largest absolute Gasteiger partial charge is 0.497 e. The van der Waals surface area contributed by atoms with Gasteiger partial charge in [-0.1, -0.05) is 6.08 Å². The van der Waals surface area contributed by atoms with Crippen molar-refractivity contribution in [1.29, 1.82) is 0 Å². The number of fused-ring (bicyclic) bond motifs is 2. The van der Waals surface area contributed by atoms with Crippen molar-refractivity contribution in [2.75, 3.05) is 33.1 Å². The highest BCUT2D eigenvalue weighted by Crippen LogP contribution is 2.36. The molecule has 176 valence electrons. The number of anilines is 1. The number of hydrogen-bond acceptors (Lipinski definition) is 6. The Bertz CT molecular complexity index is 1550. The van der Waals surface area contributed by atoms with Crippen molar-refractivity contribution in [3.05, 3.63) is 73.4 Å². The Labute approximate surface area is 202 Å². The fraction of sp³-hybridized carbons (Fsp3) is 0.148. The molecule has 4 aromatic heterocycles. The molecule has 0 saturated carbocycles. The maximum Gasteiger partial charge on any atom is 0.248 e. The van der Waals surface area contributed by atoms with Crippen LogP contribution in [-0.4, -0.2) is 53.5 Å². The molecule has 5 aromatic rings. The molecular weight excluding hydrogens is 442 g/mol. The van der Waals surface area contributed by atoms with E-state index in [-0.39, 0.29) is 5.91 Å². The molecule has 0 spiro atoms. The number of carbonyl (C=O) groups excluding carboxylic acids is 1. The second-order valence-corrected chi connectivity index (χ2v) is 8.42. The van der Waals surface area contributed by atoms with Crippen molar-refractivity contribution in [3.8, 4) is 28.0 Å². The molecule has 0 atom stereocenters. The number of nitrogens with one attached hydrogen (secondary N) is 2. The predicted molar refractivity (Wildman–Crippen MR) is 137 cm³/mol. The molecule has 0 saturated heterocycles. The minimum atomic E-state index is -0.200. The highest BCUT2D eigenvalue weighted by atomic mass is 16.5. The Morgan fingerprint density at radius 2 is 2.00 bits per heavy atom. The molecule has 35 heavy (non-hydrogen) atoms. The van der Waals surface area contributed by atoms with Crippen LogP contribution in [0.4, 0.5) is 5.69 Å². The first kappa shape index (κ1) is 22.4. The first-order chi connectivity index (χ1) is 17.0. The Morgan fingerprint density at radius 3 is 2.83 bits per heavy atom. The number of likely N-dealkylation sites (N-methyl/N-ethyl adjacent to an activating group) is 1. The van der Waals surface area contributed by atoms with Crippen LogP contribution in [0.5, 0.6) is 5.75 Å². The number of aromatic amines is 1. The van der Waals surface area contributed by atoms with E-state index in [1.54, 1.807) is 31.8 Å². The molecule has 2 N–H and O–H groups in total. The molecule has 0 fully saturated rings. The minimum Gasteiger partial charge on any atom is -0.497 e. The smallest absolute Gasteiger partial charge is 0.248 e. The number of rotatable bonds is 7. The monoisotopic (exact) mass is 467 g/mol. The molecule has 0 unspecified atom stereocenters. The Balaban J connectivity index is 1.52. The zero-order chi connectivity index (χ0) is 24.4. The third-order valence-electron chi connectivity index (χ3n) is 5.67. The number of benzene rings is 1. The number of carbonyl (C=O) groups is 1. The fourth-order valence-electron chi connectivity index (χ4n) is 4.00. The lowest BCUT2D eigenvalue weighted by molar-refractivity contribution is -0.111. The van der Waals surface area contributed by atoms with Crippen molar-refractivity contribution in [1.82, 2.24) is 19.9 Å². The summed E-state index contributed by atoms with van der Waals surface area (Å²) in [6, 6.07) is 11.6. The molecule has 0 aliphatic rings. The number of pyridine rings is 2. The van der Waals surface area contributed by atoms with Crippen molar-refractivity contribution >= 4 is 33.7 Å². The molecule has 0 aliphatic heterocycles. The Hall–Kier alpha value is -4.43. The van der Waals surface area contributed by atoms with E-state index in [0.29, 0.717) is 23.7 Å². The van der Waals surface area contributed by atoms with Gasteiger partial charge in [0.05, 0.1) is 13.4 Å². The van der Waals surface area contributed by atoms with Gasteiger partial charge < -0.3 is 24.4 Å². The van der Waals surface area contributed by atoms with Gasteiger partial charge in [-0.05, 0) is 55.6 Å². The second kappa shape index (κ2) is 9.44. The third kappa shape index (κ3) is 4.64. The zero-order valence-corrected chi connectivity index (χ0v) is 19.7. The number of amides is 1. The summed E-state index contributed by atoms with van der Waals surface area (Å²) in [5.41, 5.74) is 5.80. The summed E-state index contributed by atoms with van der Waals surface area (Å²) in [7, 11) is 5.50. The predicted octanol–water partition coefficient (Wildman–Crippen LogP) is 5.10. The van der Waals surface area contributed by atoms with Gasteiger partial charge >= 0.3 is 0 Å². The maximum atomic E-state index is 12.4. The van der Waals surface area contributed by atoms with Crippen LogP contribution < -0.4 is 10.1 Å². The van der Waals surface area contributed by atoms with Gasteiger partial charge in [0, 0.05) is 64.9 Å². The summed E-state index contributed by atoms with van der Waals surface area (Å²) in [6.07, 6.45) is 10.5. The maximum absolute atomic E-state index is 12.4. The summed E-state index contributed by atoms with van der Waals surface area (Å²) in [5, 5.41) is 4.83. The lowest BCUT2D eigenvalue weighted by atomic mass is 10.0. The molecule has 0 bridgehead atoms.